The molecular formula is C11H14N6O2S. The molecule has 0 spiro atoms. The van der Waals surface area contributed by atoms with Crippen LogP contribution in [0.5, 0.6) is 0 Å². The van der Waals surface area contributed by atoms with E-state index in [9.17, 15) is 10.1 Å². The van der Waals surface area contributed by atoms with E-state index in [1.54, 1.807) is 18.3 Å². The van der Waals surface area contributed by atoms with Gasteiger partial charge in [0, 0.05) is 4.88 Å². The summed E-state index contributed by atoms with van der Waals surface area (Å²) >= 11 is 1.56. The van der Waals surface area contributed by atoms with E-state index in [0.29, 0.717) is 0 Å². The molecule has 0 aliphatic carbocycles. The van der Waals surface area contributed by atoms with Crippen LogP contribution in [-0.2, 0) is 0 Å². The average molecular weight is 294 g/mol. The van der Waals surface area contributed by atoms with E-state index in [2.05, 4.69) is 20.7 Å². The Morgan fingerprint density at radius 2 is 2.25 bits per heavy atom. The highest BCUT2D eigenvalue weighted by atomic mass is 32.1. The smallest absolute Gasteiger partial charge is 0.332 e. The lowest BCUT2D eigenvalue weighted by Crippen LogP contribution is -2.15. The van der Waals surface area contributed by atoms with Gasteiger partial charge in [0.25, 0.3) is 0 Å². The maximum Gasteiger partial charge on any atom is 0.332 e. The Morgan fingerprint density at radius 3 is 2.80 bits per heavy atom. The van der Waals surface area contributed by atoms with Crippen molar-refractivity contribution in [3.8, 4) is 0 Å². The number of thiophene rings is 1. The Bertz CT molecular complexity index is 616. The molecule has 0 bridgehead atoms. The molecular weight excluding hydrogens is 280 g/mol. The van der Waals surface area contributed by atoms with Gasteiger partial charge in [-0.3, -0.25) is 15.5 Å². The second-order valence-corrected chi connectivity index (χ2v) is 5.09. The highest BCUT2D eigenvalue weighted by Gasteiger charge is 2.23. The molecule has 8 nitrogen and oxygen atoms in total. The van der Waals surface area contributed by atoms with E-state index in [0.717, 1.165) is 4.88 Å². The monoisotopic (exact) mass is 294 g/mol. The molecule has 1 atom stereocenters. The van der Waals surface area contributed by atoms with Crippen LogP contribution in [-0.4, -0.2) is 14.9 Å². The van der Waals surface area contributed by atoms with Crippen LogP contribution in [0.15, 0.2) is 17.5 Å². The lowest BCUT2D eigenvalue weighted by Gasteiger charge is -2.14. The number of aryl methyl sites for hydroxylation is 1. The van der Waals surface area contributed by atoms with Crippen molar-refractivity contribution in [2.24, 2.45) is 5.84 Å². The van der Waals surface area contributed by atoms with Crippen LogP contribution in [0, 0.1) is 17.0 Å². The summed E-state index contributed by atoms with van der Waals surface area (Å²) in [5.74, 6) is 5.55. The number of nitrogens with two attached hydrogens (primary N) is 1. The molecule has 106 valence electrons. The van der Waals surface area contributed by atoms with Gasteiger partial charge in [0.15, 0.2) is 0 Å². The standard InChI is InChI=1S/C11H14N6O2S/c1-6(8-4-3-5-20-8)13-10-9(17(18)19)7(2)14-11(15-10)16-12/h3-6H,12H2,1-2H3,(H2,13,14,15,16). The van der Waals surface area contributed by atoms with Crippen LogP contribution in [0.3, 0.4) is 0 Å². The van der Waals surface area contributed by atoms with Crippen LogP contribution < -0.4 is 16.6 Å². The zero-order chi connectivity index (χ0) is 14.7. The van der Waals surface area contributed by atoms with Gasteiger partial charge in [0.2, 0.25) is 11.8 Å². The van der Waals surface area contributed by atoms with Gasteiger partial charge in [-0.25, -0.2) is 10.8 Å². The number of aromatic nitrogens is 2. The van der Waals surface area contributed by atoms with E-state index >= 15 is 0 Å². The molecule has 1 unspecified atom stereocenters. The maximum absolute atomic E-state index is 11.1. The predicted molar refractivity (Wildman–Crippen MR) is 77.6 cm³/mol. The lowest BCUT2D eigenvalue weighted by molar-refractivity contribution is -0.385. The van der Waals surface area contributed by atoms with Crippen LogP contribution >= 0.6 is 11.3 Å². The average Bonchev–Trinajstić information content (AvgIpc) is 2.91. The number of nitrogens with zero attached hydrogens (tertiary/aromatic N) is 3. The van der Waals surface area contributed by atoms with Crippen molar-refractivity contribution in [2.75, 3.05) is 10.7 Å². The van der Waals surface area contributed by atoms with E-state index in [4.69, 9.17) is 5.84 Å². The third kappa shape index (κ3) is 2.83. The highest BCUT2D eigenvalue weighted by molar-refractivity contribution is 7.10. The summed E-state index contributed by atoms with van der Waals surface area (Å²) in [4.78, 5) is 19.6. The van der Waals surface area contributed by atoms with Crippen molar-refractivity contribution < 1.29 is 4.92 Å². The normalized spacial score (nSPS) is 11.9. The van der Waals surface area contributed by atoms with Crippen molar-refractivity contribution in [3.63, 3.8) is 0 Å². The number of nitrogen functional groups attached to an aromatic ring is 1. The first kappa shape index (κ1) is 14.2. The number of nitrogens with one attached hydrogen (secondary N) is 2. The van der Waals surface area contributed by atoms with Gasteiger partial charge in [0.05, 0.1) is 11.0 Å². The molecule has 0 aromatic carbocycles. The predicted octanol–water partition coefficient (Wildman–Crippen LogP) is 2.21. The third-order valence-corrected chi connectivity index (χ3v) is 3.75. The molecule has 0 radical (unpaired) electrons. The first-order valence-electron chi connectivity index (χ1n) is 5.82. The number of anilines is 2. The van der Waals surface area contributed by atoms with Crippen LogP contribution in [0.4, 0.5) is 17.5 Å². The minimum Gasteiger partial charge on any atom is -0.357 e. The molecule has 0 fully saturated rings. The second-order valence-electron chi connectivity index (χ2n) is 4.11. The molecule has 0 aliphatic rings. The fourth-order valence-electron chi connectivity index (χ4n) is 1.76. The summed E-state index contributed by atoms with van der Waals surface area (Å²) < 4.78 is 0. The van der Waals surface area contributed by atoms with Gasteiger partial charge >= 0.3 is 5.69 Å². The molecule has 2 rings (SSSR count). The summed E-state index contributed by atoms with van der Waals surface area (Å²) in [5.41, 5.74) is 2.40. The molecule has 2 aromatic rings. The van der Waals surface area contributed by atoms with Gasteiger partial charge in [-0.05, 0) is 25.3 Å². The summed E-state index contributed by atoms with van der Waals surface area (Å²) in [7, 11) is 0. The van der Waals surface area contributed by atoms with Gasteiger partial charge < -0.3 is 5.32 Å². The SMILES string of the molecule is Cc1nc(NN)nc(NC(C)c2cccs2)c1[N+](=O)[O-]. The number of rotatable bonds is 5. The first-order valence-corrected chi connectivity index (χ1v) is 6.70. The van der Waals surface area contributed by atoms with Crippen molar-refractivity contribution in [1.82, 2.24) is 9.97 Å². The molecule has 0 amide bonds. The van der Waals surface area contributed by atoms with Crippen LogP contribution in [0.25, 0.3) is 0 Å². The van der Waals surface area contributed by atoms with Gasteiger partial charge in [-0.1, -0.05) is 6.07 Å². The fourth-order valence-corrected chi connectivity index (χ4v) is 2.50. The molecule has 0 saturated carbocycles. The number of nitro groups is 1. The Morgan fingerprint density at radius 1 is 1.50 bits per heavy atom. The fraction of sp³-hybridized carbons (Fsp3) is 0.273. The minimum atomic E-state index is -0.501. The Hall–Kier alpha value is -2.26. The summed E-state index contributed by atoms with van der Waals surface area (Å²) in [5, 5.41) is 16.1. The van der Waals surface area contributed by atoms with Crippen molar-refractivity contribution >= 4 is 28.8 Å². The van der Waals surface area contributed by atoms with Crippen molar-refractivity contribution in [3.05, 3.63) is 38.2 Å². The summed E-state index contributed by atoms with van der Waals surface area (Å²) in [6, 6.07) is 3.77. The summed E-state index contributed by atoms with van der Waals surface area (Å²) in [6.07, 6.45) is 0. The Kier molecular flexibility index (Phi) is 4.11. The minimum absolute atomic E-state index is 0.103. The quantitative estimate of drug-likeness (QED) is 0.439. The van der Waals surface area contributed by atoms with Crippen LogP contribution in [0.1, 0.15) is 23.5 Å². The largest absolute Gasteiger partial charge is 0.357 e. The third-order valence-electron chi connectivity index (χ3n) is 2.69. The highest BCUT2D eigenvalue weighted by Crippen LogP contribution is 2.30. The zero-order valence-electron chi connectivity index (χ0n) is 11.0. The van der Waals surface area contributed by atoms with Crippen LogP contribution in [0.2, 0.25) is 0 Å². The van der Waals surface area contributed by atoms with E-state index in [-0.39, 0.29) is 29.2 Å². The van der Waals surface area contributed by atoms with Gasteiger partial charge in [-0.2, -0.15) is 4.98 Å². The van der Waals surface area contributed by atoms with Crippen molar-refractivity contribution in [2.45, 2.75) is 19.9 Å². The first-order chi connectivity index (χ1) is 9.52. The zero-order valence-corrected chi connectivity index (χ0v) is 11.8. The van der Waals surface area contributed by atoms with Crippen molar-refractivity contribution in [1.29, 1.82) is 0 Å². The maximum atomic E-state index is 11.1. The lowest BCUT2D eigenvalue weighted by atomic mass is 10.2. The molecule has 2 heterocycles. The molecule has 20 heavy (non-hydrogen) atoms. The Labute approximate surface area is 119 Å². The van der Waals surface area contributed by atoms with E-state index < -0.39 is 4.92 Å². The van der Waals surface area contributed by atoms with E-state index in [1.807, 2.05) is 24.4 Å². The molecule has 4 N–H and O–H groups in total. The summed E-state index contributed by atoms with van der Waals surface area (Å²) in [6.45, 7) is 3.45. The number of hydrogen-bond acceptors (Lipinski definition) is 8. The van der Waals surface area contributed by atoms with E-state index in [1.165, 1.54) is 0 Å². The number of hydrogen-bond donors (Lipinski definition) is 3. The molecule has 0 saturated heterocycles. The Balaban J connectivity index is 2.38. The molecule has 9 heteroatoms. The molecule has 2 aromatic heterocycles. The molecule has 0 aliphatic heterocycles. The second kappa shape index (κ2) is 5.80. The topological polar surface area (TPSA) is 119 Å². The number of hydrazine groups is 1. The van der Waals surface area contributed by atoms with Gasteiger partial charge in [-0.15, -0.1) is 11.3 Å². The van der Waals surface area contributed by atoms with Gasteiger partial charge in [0.1, 0.15) is 5.69 Å².